The predicted octanol–water partition coefficient (Wildman–Crippen LogP) is 1.30. The highest BCUT2D eigenvalue weighted by atomic mass is 16.5. The van der Waals surface area contributed by atoms with Gasteiger partial charge >= 0.3 is 0 Å². The van der Waals surface area contributed by atoms with Crippen LogP contribution < -0.4 is 15.8 Å². The van der Waals surface area contributed by atoms with Crippen molar-refractivity contribution in [3.8, 4) is 5.75 Å². The van der Waals surface area contributed by atoms with E-state index < -0.39 is 0 Å². The fourth-order valence-corrected chi connectivity index (χ4v) is 2.96. The van der Waals surface area contributed by atoms with Gasteiger partial charge < -0.3 is 15.8 Å². The molecule has 1 fully saturated rings. The maximum Gasteiger partial charge on any atom is 0.217 e. The first-order chi connectivity index (χ1) is 10.1. The van der Waals surface area contributed by atoms with Gasteiger partial charge in [0.1, 0.15) is 5.75 Å². The van der Waals surface area contributed by atoms with Crippen LogP contribution in [0.5, 0.6) is 5.75 Å². The number of ether oxygens (including phenoxy) is 1. The van der Waals surface area contributed by atoms with Gasteiger partial charge in [-0.05, 0) is 30.5 Å². The van der Waals surface area contributed by atoms with E-state index >= 15 is 0 Å². The van der Waals surface area contributed by atoms with Gasteiger partial charge in [-0.3, -0.25) is 9.69 Å². The highest BCUT2D eigenvalue weighted by Crippen LogP contribution is 2.25. The molecule has 1 aliphatic rings. The van der Waals surface area contributed by atoms with Crippen molar-refractivity contribution in [1.82, 2.24) is 10.2 Å². The fraction of sp³-hybridized carbons (Fsp3) is 0.562. The van der Waals surface area contributed by atoms with Crippen molar-refractivity contribution in [2.45, 2.75) is 31.8 Å². The van der Waals surface area contributed by atoms with Gasteiger partial charge in [0.05, 0.1) is 7.11 Å². The largest absolute Gasteiger partial charge is 0.497 e. The van der Waals surface area contributed by atoms with Crippen LogP contribution in [0, 0.1) is 0 Å². The molecule has 5 nitrogen and oxygen atoms in total. The molecule has 1 unspecified atom stereocenters. The van der Waals surface area contributed by atoms with E-state index in [-0.39, 0.29) is 11.9 Å². The van der Waals surface area contributed by atoms with Gasteiger partial charge in [0.25, 0.3) is 0 Å². The number of amides is 1. The lowest BCUT2D eigenvalue weighted by molar-refractivity contribution is -0.120. The van der Waals surface area contributed by atoms with Crippen LogP contribution in [0.2, 0.25) is 0 Å². The Morgan fingerprint density at radius 3 is 2.48 bits per heavy atom. The third kappa shape index (κ3) is 4.19. The number of hydrogen-bond acceptors (Lipinski definition) is 4. The van der Waals surface area contributed by atoms with Crippen molar-refractivity contribution in [1.29, 1.82) is 0 Å². The Labute approximate surface area is 126 Å². The van der Waals surface area contributed by atoms with Crippen molar-refractivity contribution in [3.05, 3.63) is 29.8 Å². The molecule has 3 N–H and O–H groups in total. The molecule has 1 aliphatic heterocycles. The van der Waals surface area contributed by atoms with Crippen LogP contribution >= 0.6 is 0 Å². The molecule has 1 heterocycles. The normalized spacial score (nSPS) is 18.2. The molecule has 1 aromatic carbocycles. The number of nitrogens with two attached hydrogens (primary N) is 1. The number of benzene rings is 1. The highest BCUT2D eigenvalue weighted by molar-refractivity contribution is 5.73. The zero-order chi connectivity index (χ0) is 15.2. The third-order valence-electron chi connectivity index (χ3n) is 4.10. The van der Waals surface area contributed by atoms with E-state index in [1.807, 2.05) is 12.1 Å². The van der Waals surface area contributed by atoms with E-state index in [1.54, 1.807) is 14.0 Å². The zero-order valence-corrected chi connectivity index (χ0v) is 12.8. The second-order valence-corrected chi connectivity index (χ2v) is 5.54. The van der Waals surface area contributed by atoms with E-state index in [2.05, 4.69) is 22.3 Å². The second kappa shape index (κ2) is 7.43. The summed E-state index contributed by atoms with van der Waals surface area (Å²) in [6.07, 6.45) is 1.96. The number of carbonyl (C=O) groups is 1. The lowest BCUT2D eigenvalue weighted by Crippen LogP contribution is -2.46. The molecular weight excluding hydrogens is 266 g/mol. The molecule has 1 saturated heterocycles. The Morgan fingerprint density at radius 1 is 1.38 bits per heavy atom. The monoisotopic (exact) mass is 291 g/mol. The first kappa shape index (κ1) is 15.8. The van der Waals surface area contributed by atoms with Crippen molar-refractivity contribution in [3.63, 3.8) is 0 Å². The number of methoxy groups -OCH3 is 1. The smallest absolute Gasteiger partial charge is 0.217 e. The molecule has 0 radical (unpaired) electrons. The first-order valence-corrected chi connectivity index (χ1v) is 7.49. The molecule has 0 aromatic heterocycles. The number of nitrogens with zero attached hydrogens (tertiary/aromatic N) is 1. The van der Waals surface area contributed by atoms with E-state index in [0.717, 1.165) is 31.7 Å². The number of nitrogens with one attached hydrogen (secondary N) is 1. The lowest BCUT2D eigenvalue weighted by atomic mass is 9.99. The fourth-order valence-electron chi connectivity index (χ4n) is 2.96. The van der Waals surface area contributed by atoms with Gasteiger partial charge in [-0.25, -0.2) is 0 Å². The van der Waals surface area contributed by atoms with Crippen LogP contribution in [0.4, 0.5) is 0 Å². The summed E-state index contributed by atoms with van der Waals surface area (Å²) < 4.78 is 5.19. The van der Waals surface area contributed by atoms with Crippen LogP contribution in [0.15, 0.2) is 24.3 Å². The molecule has 0 saturated carbocycles. The Bertz CT molecular complexity index is 453. The minimum absolute atomic E-state index is 0.0546. The summed E-state index contributed by atoms with van der Waals surface area (Å²) in [4.78, 5) is 13.5. The predicted molar refractivity (Wildman–Crippen MR) is 83.2 cm³/mol. The summed E-state index contributed by atoms with van der Waals surface area (Å²) >= 11 is 0. The van der Waals surface area contributed by atoms with Gasteiger partial charge in [0, 0.05) is 38.6 Å². The van der Waals surface area contributed by atoms with Gasteiger partial charge in [0.2, 0.25) is 5.91 Å². The lowest BCUT2D eigenvalue weighted by Gasteiger charge is -2.37. The summed E-state index contributed by atoms with van der Waals surface area (Å²) in [5.74, 6) is 0.915. The first-order valence-electron chi connectivity index (χ1n) is 7.49. The molecule has 1 amide bonds. The van der Waals surface area contributed by atoms with E-state index in [1.165, 1.54) is 5.56 Å². The molecule has 2 rings (SSSR count). The van der Waals surface area contributed by atoms with E-state index in [9.17, 15) is 4.79 Å². The molecule has 0 spiro atoms. The van der Waals surface area contributed by atoms with Crippen molar-refractivity contribution in [2.24, 2.45) is 5.73 Å². The summed E-state index contributed by atoms with van der Waals surface area (Å²) in [5.41, 5.74) is 7.20. The minimum Gasteiger partial charge on any atom is -0.497 e. The van der Waals surface area contributed by atoms with Crippen LogP contribution in [0.3, 0.4) is 0 Å². The Kier molecular flexibility index (Phi) is 5.59. The standard InChI is InChI=1S/C16H25N3O2/c1-12(20)18-14-7-9-19(10-8-14)16(11-17)13-3-5-15(21-2)6-4-13/h3-6,14,16H,7-11,17H2,1-2H3,(H,18,20). The van der Waals surface area contributed by atoms with Gasteiger partial charge in [-0.2, -0.15) is 0 Å². The SMILES string of the molecule is COc1ccc(C(CN)N2CCC(NC(C)=O)CC2)cc1. The summed E-state index contributed by atoms with van der Waals surface area (Å²) in [6, 6.07) is 8.64. The maximum atomic E-state index is 11.1. The van der Waals surface area contributed by atoms with Crippen molar-refractivity contribution < 1.29 is 9.53 Å². The van der Waals surface area contributed by atoms with Crippen LogP contribution in [0.25, 0.3) is 0 Å². The average Bonchev–Trinajstić information content (AvgIpc) is 2.50. The molecular formula is C16H25N3O2. The summed E-state index contributed by atoms with van der Waals surface area (Å²) in [5, 5.41) is 3.00. The van der Waals surface area contributed by atoms with Crippen LogP contribution in [-0.4, -0.2) is 43.6 Å². The number of rotatable bonds is 5. The third-order valence-corrected chi connectivity index (χ3v) is 4.10. The number of piperidine rings is 1. The van der Waals surface area contributed by atoms with Gasteiger partial charge in [-0.1, -0.05) is 12.1 Å². The molecule has 1 aromatic rings. The topological polar surface area (TPSA) is 67.6 Å². The highest BCUT2D eigenvalue weighted by Gasteiger charge is 2.25. The summed E-state index contributed by atoms with van der Waals surface area (Å²) in [6.45, 7) is 4.08. The van der Waals surface area contributed by atoms with Crippen molar-refractivity contribution >= 4 is 5.91 Å². The quantitative estimate of drug-likeness (QED) is 0.858. The van der Waals surface area contributed by atoms with Crippen LogP contribution in [0.1, 0.15) is 31.4 Å². The maximum absolute atomic E-state index is 11.1. The van der Waals surface area contributed by atoms with Crippen LogP contribution in [-0.2, 0) is 4.79 Å². The van der Waals surface area contributed by atoms with E-state index in [4.69, 9.17) is 10.5 Å². The number of likely N-dealkylation sites (tertiary alicyclic amines) is 1. The average molecular weight is 291 g/mol. The number of carbonyl (C=O) groups excluding carboxylic acids is 1. The van der Waals surface area contributed by atoms with Gasteiger partial charge in [0.15, 0.2) is 0 Å². The molecule has 0 bridgehead atoms. The van der Waals surface area contributed by atoms with Gasteiger partial charge in [-0.15, -0.1) is 0 Å². The Balaban J connectivity index is 1.97. The molecule has 1 atom stereocenters. The minimum atomic E-state index is 0.0546. The molecule has 116 valence electrons. The summed E-state index contributed by atoms with van der Waals surface area (Å²) in [7, 11) is 1.67. The number of hydrogen-bond donors (Lipinski definition) is 2. The molecule has 21 heavy (non-hydrogen) atoms. The Hall–Kier alpha value is -1.59. The molecule has 5 heteroatoms. The van der Waals surface area contributed by atoms with E-state index in [0.29, 0.717) is 12.6 Å². The Morgan fingerprint density at radius 2 is 2.00 bits per heavy atom. The molecule has 0 aliphatic carbocycles. The second-order valence-electron chi connectivity index (χ2n) is 5.54. The van der Waals surface area contributed by atoms with Crippen molar-refractivity contribution in [2.75, 3.05) is 26.7 Å². The zero-order valence-electron chi connectivity index (χ0n) is 12.8.